The van der Waals surface area contributed by atoms with Crippen LogP contribution in [0, 0.1) is 0 Å². The first-order chi connectivity index (χ1) is 17.8. The van der Waals surface area contributed by atoms with Crippen LogP contribution >= 0.6 is 0 Å². The number of aromatic nitrogens is 1. The van der Waals surface area contributed by atoms with Gasteiger partial charge in [-0.3, -0.25) is 4.79 Å². The summed E-state index contributed by atoms with van der Waals surface area (Å²) in [5.41, 5.74) is 2.88. The van der Waals surface area contributed by atoms with Crippen molar-refractivity contribution in [1.82, 2.24) is 9.88 Å². The van der Waals surface area contributed by atoms with Crippen LogP contribution in [0.4, 0.5) is 13.2 Å². The molecule has 4 rings (SSSR count). The van der Waals surface area contributed by atoms with Crippen LogP contribution in [0.5, 0.6) is 5.75 Å². The van der Waals surface area contributed by atoms with Gasteiger partial charge in [0.2, 0.25) is 5.91 Å². The van der Waals surface area contributed by atoms with Gasteiger partial charge >= 0.3 is 6.18 Å². The van der Waals surface area contributed by atoms with Gasteiger partial charge in [-0.25, -0.2) is 0 Å². The molecular weight excluding hydrogens is 477 g/mol. The number of nitrogens with zero attached hydrogens (tertiary/aromatic N) is 1. The van der Waals surface area contributed by atoms with Crippen molar-refractivity contribution in [2.75, 3.05) is 13.7 Å². The highest BCUT2D eigenvalue weighted by atomic mass is 19.4. The molecule has 2 aromatic carbocycles. The van der Waals surface area contributed by atoms with E-state index in [1.165, 1.54) is 44.2 Å². The molecule has 4 nitrogen and oxygen atoms in total. The molecule has 1 N–H and O–H groups in total. The van der Waals surface area contributed by atoms with E-state index in [4.69, 9.17) is 4.74 Å². The minimum absolute atomic E-state index is 0.0535. The number of methoxy groups -OCH3 is 1. The first-order valence-corrected chi connectivity index (χ1v) is 13.5. The van der Waals surface area contributed by atoms with Crippen molar-refractivity contribution in [2.45, 2.75) is 83.4 Å². The number of alkyl halides is 3. The van der Waals surface area contributed by atoms with Gasteiger partial charge in [0.15, 0.2) is 0 Å². The van der Waals surface area contributed by atoms with Crippen LogP contribution in [-0.2, 0) is 17.4 Å². The fraction of sp³-hybridized carbons (Fsp3) is 0.500. The molecule has 3 aromatic rings. The zero-order valence-corrected chi connectivity index (χ0v) is 21.8. The molecule has 1 aliphatic rings. The van der Waals surface area contributed by atoms with Crippen molar-refractivity contribution in [1.29, 1.82) is 0 Å². The zero-order valence-electron chi connectivity index (χ0n) is 21.8. The zero-order chi connectivity index (χ0) is 26.4. The highest BCUT2D eigenvalue weighted by Gasteiger charge is 2.35. The molecule has 0 aliphatic carbocycles. The van der Waals surface area contributed by atoms with Crippen LogP contribution in [-0.4, -0.2) is 29.4 Å². The van der Waals surface area contributed by atoms with Gasteiger partial charge in [-0.15, -0.1) is 0 Å². The Morgan fingerprint density at radius 3 is 2.32 bits per heavy atom. The maximum atomic E-state index is 13.4. The van der Waals surface area contributed by atoms with Crippen molar-refractivity contribution < 1.29 is 22.7 Å². The lowest BCUT2D eigenvalue weighted by molar-refractivity contribution is -0.137. The lowest BCUT2D eigenvalue weighted by atomic mass is 9.91. The second kappa shape index (κ2) is 12.1. The Kier molecular flexibility index (Phi) is 8.83. The van der Waals surface area contributed by atoms with Crippen molar-refractivity contribution in [2.24, 2.45) is 0 Å². The van der Waals surface area contributed by atoms with Crippen molar-refractivity contribution in [3.8, 4) is 5.75 Å². The topological polar surface area (TPSA) is 45.3 Å². The van der Waals surface area contributed by atoms with E-state index in [1.807, 2.05) is 23.1 Å². The highest BCUT2D eigenvalue weighted by molar-refractivity contribution is 5.88. The number of rotatable bonds is 11. The number of carbonyl (C=O) groups excluding carboxylic acids is 1. The molecule has 1 aliphatic heterocycles. The van der Waals surface area contributed by atoms with E-state index in [-0.39, 0.29) is 5.91 Å². The van der Waals surface area contributed by atoms with E-state index in [1.54, 1.807) is 7.11 Å². The Hall–Kier alpha value is -2.96. The lowest BCUT2D eigenvalue weighted by Crippen LogP contribution is -2.40. The Morgan fingerprint density at radius 2 is 1.68 bits per heavy atom. The van der Waals surface area contributed by atoms with Gasteiger partial charge in [0.05, 0.1) is 18.7 Å². The first kappa shape index (κ1) is 27.1. The Balaban J connectivity index is 1.56. The molecule has 0 bridgehead atoms. The number of hydrogen-bond donors (Lipinski definition) is 1. The molecule has 0 radical (unpaired) electrons. The second-order valence-electron chi connectivity index (χ2n) is 10.0. The lowest BCUT2D eigenvalue weighted by Gasteiger charge is -2.36. The molecular formula is C30H37F3N2O2. The molecule has 0 unspecified atom stereocenters. The van der Waals surface area contributed by atoms with Crippen LogP contribution in [0.2, 0.25) is 0 Å². The van der Waals surface area contributed by atoms with E-state index < -0.39 is 17.8 Å². The quantitative estimate of drug-likeness (QED) is 0.262. The van der Waals surface area contributed by atoms with E-state index >= 15 is 0 Å². The third-order valence-corrected chi connectivity index (χ3v) is 7.45. The van der Waals surface area contributed by atoms with Gasteiger partial charge in [0, 0.05) is 29.6 Å². The molecule has 0 spiro atoms. The number of aromatic amines is 1. The number of nitrogens with one attached hydrogen (secondary N) is 1. The number of halogens is 3. The van der Waals surface area contributed by atoms with Gasteiger partial charge in [0.25, 0.3) is 0 Å². The fourth-order valence-corrected chi connectivity index (χ4v) is 5.42. The van der Waals surface area contributed by atoms with Crippen molar-refractivity contribution in [3.63, 3.8) is 0 Å². The van der Waals surface area contributed by atoms with Crippen LogP contribution in [0.25, 0.3) is 10.9 Å². The van der Waals surface area contributed by atoms with Crippen LogP contribution in [0.15, 0.2) is 42.5 Å². The van der Waals surface area contributed by atoms with Gasteiger partial charge in [-0.1, -0.05) is 64.0 Å². The minimum Gasteiger partial charge on any atom is -0.497 e. The predicted molar refractivity (Wildman–Crippen MR) is 141 cm³/mol. The average molecular weight is 515 g/mol. The van der Waals surface area contributed by atoms with Crippen LogP contribution < -0.4 is 4.74 Å². The molecule has 1 atom stereocenters. The SMILES string of the molecule is CCCCCCCCCCC(=O)N1CCc2c([nH]c3ccc(OC)cc23)[C@@H]1c1ccc(C(F)(F)F)cc1. The maximum absolute atomic E-state index is 13.4. The highest BCUT2D eigenvalue weighted by Crippen LogP contribution is 2.40. The molecule has 0 fully saturated rings. The number of ether oxygens (including phenoxy) is 1. The average Bonchev–Trinajstić information content (AvgIpc) is 3.27. The minimum atomic E-state index is -4.40. The molecule has 1 amide bonds. The number of benzene rings is 2. The summed E-state index contributed by atoms with van der Waals surface area (Å²) in [6.07, 6.45) is 5.96. The molecule has 0 saturated heterocycles. The number of carbonyl (C=O) groups is 1. The molecule has 1 aromatic heterocycles. The summed E-state index contributed by atoms with van der Waals surface area (Å²) < 4.78 is 45.1. The summed E-state index contributed by atoms with van der Waals surface area (Å²) in [4.78, 5) is 18.7. The summed E-state index contributed by atoms with van der Waals surface area (Å²) in [6, 6.07) is 10.6. The Morgan fingerprint density at radius 1 is 1.00 bits per heavy atom. The van der Waals surface area contributed by atoms with Crippen LogP contribution in [0.3, 0.4) is 0 Å². The summed E-state index contributed by atoms with van der Waals surface area (Å²) in [5, 5.41) is 1.03. The van der Waals surface area contributed by atoms with Gasteiger partial charge < -0.3 is 14.6 Å². The smallest absolute Gasteiger partial charge is 0.416 e. The maximum Gasteiger partial charge on any atom is 0.416 e. The molecule has 2 heterocycles. The number of fused-ring (bicyclic) bond motifs is 3. The largest absolute Gasteiger partial charge is 0.497 e. The van der Waals surface area contributed by atoms with Crippen LogP contribution in [0.1, 0.15) is 93.1 Å². The Labute approximate surface area is 217 Å². The molecule has 0 saturated carbocycles. The molecule has 7 heteroatoms. The monoisotopic (exact) mass is 514 g/mol. The fourth-order valence-electron chi connectivity index (χ4n) is 5.42. The number of amides is 1. The predicted octanol–water partition coefficient (Wildman–Crippen LogP) is 8.20. The first-order valence-electron chi connectivity index (χ1n) is 13.5. The molecule has 200 valence electrons. The summed E-state index contributed by atoms with van der Waals surface area (Å²) in [7, 11) is 1.62. The van der Waals surface area contributed by atoms with E-state index in [2.05, 4.69) is 11.9 Å². The summed E-state index contributed by atoms with van der Waals surface area (Å²) in [6.45, 7) is 2.73. The van der Waals surface area contributed by atoms with E-state index in [9.17, 15) is 18.0 Å². The van der Waals surface area contributed by atoms with Crippen molar-refractivity contribution in [3.05, 3.63) is 64.8 Å². The molecule has 37 heavy (non-hydrogen) atoms. The number of hydrogen-bond acceptors (Lipinski definition) is 2. The van der Waals surface area contributed by atoms with Gasteiger partial charge in [0.1, 0.15) is 5.75 Å². The Bertz CT molecular complexity index is 1180. The van der Waals surface area contributed by atoms with Gasteiger partial charge in [-0.05, 0) is 54.3 Å². The summed E-state index contributed by atoms with van der Waals surface area (Å²) >= 11 is 0. The standard InChI is InChI=1S/C30H37F3N2O2/c1-3-4-5-6-7-8-9-10-11-27(36)35-19-18-24-25-20-23(37-2)16-17-26(25)34-28(24)29(35)21-12-14-22(15-13-21)30(31,32)33/h12-17,20,29,34H,3-11,18-19H2,1-2H3/t29-/m0/s1. The number of unbranched alkanes of at least 4 members (excludes halogenated alkanes) is 7. The summed E-state index contributed by atoms with van der Waals surface area (Å²) in [5.74, 6) is 0.798. The van der Waals surface area contributed by atoms with E-state index in [0.717, 1.165) is 59.3 Å². The van der Waals surface area contributed by atoms with E-state index in [0.29, 0.717) is 24.9 Å². The third kappa shape index (κ3) is 6.31. The third-order valence-electron chi connectivity index (χ3n) is 7.45. The second-order valence-corrected chi connectivity index (χ2v) is 10.0. The van der Waals surface area contributed by atoms with Crippen molar-refractivity contribution >= 4 is 16.8 Å². The number of H-pyrrole nitrogens is 1. The normalized spacial score (nSPS) is 15.7. The van der Waals surface area contributed by atoms with Gasteiger partial charge in [-0.2, -0.15) is 13.2 Å².